The topological polar surface area (TPSA) is 74.1 Å². The molecule has 0 spiro atoms. The molecule has 0 unspecified atom stereocenters. The average Bonchev–Trinajstić information content (AvgIpc) is 2.42. The van der Waals surface area contributed by atoms with Crippen molar-refractivity contribution in [3.8, 4) is 0 Å². The van der Waals surface area contributed by atoms with Crippen LogP contribution in [-0.4, -0.2) is 30.9 Å². The first kappa shape index (κ1) is 12.3. The van der Waals surface area contributed by atoms with Crippen LogP contribution >= 0.6 is 0 Å². The number of nitrogens with zero attached hydrogens (tertiary/aromatic N) is 3. The van der Waals surface area contributed by atoms with Gasteiger partial charge in [0.1, 0.15) is 0 Å². The predicted octanol–water partition coefficient (Wildman–Crippen LogP) is 2.28. The zero-order chi connectivity index (χ0) is 14.3. The third-order valence-corrected chi connectivity index (χ3v) is 3.07. The maximum absolute atomic E-state index is 11.9. The molecule has 0 bridgehead atoms. The summed E-state index contributed by atoms with van der Waals surface area (Å²) in [6.45, 7) is 0. The molecular weight excluding hydrogens is 256 g/mol. The van der Waals surface area contributed by atoms with E-state index < -0.39 is 0 Å². The fourth-order valence-corrected chi connectivity index (χ4v) is 2.23. The molecule has 0 radical (unpaired) electrons. The number of hydrogen-bond acceptors (Lipinski definition) is 4. The van der Waals surface area contributed by atoms with Crippen LogP contribution < -0.4 is 5.32 Å². The predicted molar refractivity (Wildman–Crippen MR) is 73.9 cm³/mol. The van der Waals surface area contributed by atoms with Gasteiger partial charge >= 0.3 is 0 Å². The first-order valence-electron chi connectivity index (χ1n) is 6.08. The van der Waals surface area contributed by atoms with Crippen molar-refractivity contribution in [3.63, 3.8) is 0 Å². The minimum Gasteiger partial charge on any atom is -0.288 e. The minimum atomic E-state index is -0.380. The molecule has 0 aromatic heterocycles. The molecule has 20 heavy (non-hydrogen) atoms. The Morgan fingerprint density at radius 2 is 1.70 bits per heavy atom. The molecule has 0 saturated heterocycles. The quantitative estimate of drug-likeness (QED) is 0.516. The molecule has 1 N–H and O–H groups in total. The Balaban J connectivity index is 2.32. The highest BCUT2D eigenvalue weighted by Crippen LogP contribution is 2.33. The highest BCUT2D eigenvalue weighted by molar-refractivity contribution is 6.26. The van der Waals surface area contributed by atoms with Crippen molar-refractivity contribution >= 4 is 28.3 Å². The molecule has 2 amide bonds. The number of carbonyl (C=O) groups excluding carboxylic acids is 2. The molecule has 0 aliphatic carbocycles. The zero-order valence-corrected chi connectivity index (χ0v) is 11.0. The van der Waals surface area contributed by atoms with Crippen molar-refractivity contribution in [1.29, 1.82) is 0 Å². The number of hydrogen-bond donors (Lipinski definition) is 1. The molecule has 1 aliphatic heterocycles. The van der Waals surface area contributed by atoms with Gasteiger partial charge in [0.2, 0.25) is 0 Å². The number of rotatable bonds is 2. The van der Waals surface area contributed by atoms with Crippen LogP contribution in [0.5, 0.6) is 0 Å². The molecule has 1 heterocycles. The van der Waals surface area contributed by atoms with Gasteiger partial charge in [0, 0.05) is 36.0 Å². The Labute approximate surface area is 115 Å². The summed E-state index contributed by atoms with van der Waals surface area (Å²) in [4.78, 5) is 23.7. The van der Waals surface area contributed by atoms with Gasteiger partial charge in [-0.2, -0.15) is 0 Å². The highest BCUT2D eigenvalue weighted by atomic mass is 16.2. The molecule has 0 fully saturated rings. The molecule has 6 nitrogen and oxygen atoms in total. The Kier molecular flexibility index (Phi) is 2.71. The summed E-state index contributed by atoms with van der Waals surface area (Å²) in [5.41, 5.74) is 1.60. The Morgan fingerprint density at radius 3 is 2.40 bits per heavy atom. The first-order chi connectivity index (χ1) is 9.58. The minimum absolute atomic E-state index is 0.380. The molecule has 100 valence electrons. The summed E-state index contributed by atoms with van der Waals surface area (Å²) in [5, 5.41) is 13.4. The molecule has 6 heteroatoms. The van der Waals surface area contributed by atoms with E-state index in [-0.39, 0.29) is 11.8 Å². The van der Waals surface area contributed by atoms with Gasteiger partial charge in [0.15, 0.2) is 0 Å². The summed E-state index contributed by atoms with van der Waals surface area (Å²) >= 11 is 0. The van der Waals surface area contributed by atoms with Crippen molar-refractivity contribution in [3.05, 3.63) is 41.5 Å². The lowest BCUT2D eigenvalue weighted by Crippen LogP contribution is -2.34. The van der Waals surface area contributed by atoms with E-state index in [1.54, 1.807) is 43.4 Å². The Hall–Kier alpha value is -2.76. The van der Waals surface area contributed by atoms with E-state index in [0.29, 0.717) is 22.2 Å². The van der Waals surface area contributed by atoms with Gasteiger partial charge in [-0.15, -0.1) is 5.11 Å². The van der Waals surface area contributed by atoms with E-state index in [2.05, 4.69) is 15.7 Å². The van der Waals surface area contributed by atoms with Gasteiger partial charge in [0.05, 0.1) is 5.69 Å². The third kappa shape index (κ3) is 1.82. The van der Waals surface area contributed by atoms with E-state index in [1.165, 1.54) is 0 Å². The standard InChI is InChI=1S/C14H12N4O2/c1-18(2)17-16-11-7-6-10-12-8(11)4-3-5-9(12)13(19)15-14(10)20/h3-7H,1-2H3,(H,15,19,20). The largest absolute Gasteiger partial charge is 0.288 e. The van der Waals surface area contributed by atoms with E-state index in [1.807, 2.05) is 6.07 Å². The van der Waals surface area contributed by atoms with Crippen molar-refractivity contribution in [2.45, 2.75) is 0 Å². The van der Waals surface area contributed by atoms with Gasteiger partial charge in [-0.25, -0.2) is 0 Å². The Bertz CT molecular complexity index is 745. The summed E-state index contributed by atoms with van der Waals surface area (Å²) in [6.07, 6.45) is 0. The van der Waals surface area contributed by atoms with Crippen molar-refractivity contribution < 1.29 is 9.59 Å². The van der Waals surface area contributed by atoms with Crippen LogP contribution in [0.4, 0.5) is 5.69 Å². The summed E-state index contributed by atoms with van der Waals surface area (Å²) in [5.74, 6) is -0.760. The van der Waals surface area contributed by atoms with Gasteiger partial charge in [-0.1, -0.05) is 17.4 Å². The van der Waals surface area contributed by atoms with Crippen molar-refractivity contribution in [2.75, 3.05) is 14.1 Å². The maximum Gasteiger partial charge on any atom is 0.258 e. The van der Waals surface area contributed by atoms with E-state index in [4.69, 9.17) is 0 Å². The van der Waals surface area contributed by atoms with E-state index >= 15 is 0 Å². The monoisotopic (exact) mass is 268 g/mol. The van der Waals surface area contributed by atoms with Crippen molar-refractivity contribution in [2.24, 2.45) is 10.3 Å². The lowest BCUT2D eigenvalue weighted by molar-refractivity contribution is 0.0845. The van der Waals surface area contributed by atoms with E-state index in [0.717, 1.165) is 5.39 Å². The second kappa shape index (κ2) is 4.41. The summed E-state index contributed by atoms with van der Waals surface area (Å²) in [6, 6.07) is 8.69. The SMILES string of the molecule is CN(C)N=Nc1ccc2c3c(cccc13)C(=O)NC2=O. The number of imide groups is 1. The van der Waals surface area contributed by atoms with Gasteiger partial charge < -0.3 is 0 Å². The molecule has 1 aliphatic rings. The third-order valence-electron chi connectivity index (χ3n) is 3.07. The summed E-state index contributed by atoms with van der Waals surface area (Å²) in [7, 11) is 3.54. The van der Waals surface area contributed by atoms with Crippen LogP contribution in [0, 0.1) is 0 Å². The molecule has 2 aromatic carbocycles. The number of amides is 2. The maximum atomic E-state index is 11.9. The number of benzene rings is 2. The molecule has 0 saturated carbocycles. The van der Waals surface area contributed by atoms with Gasteiger partial charge in [-0.3, -0.25) is 19.9 Å². The van der Waals surface area contributed by atoms with Crippen LogP contribution in [0.2, 0.25) is 0 Å². The lowest BCUT2D eigenvalue weighted by atomic mass is 9.94. The van der Waals surface area contributed by atoms with Crippen LogP contribution in [0.1, 0.15) is 20.7 Å². The molecule has 3 rings (SSSR count). The fraction of sp³-hybridized carbons (Fsp3) is 0.143. The van der Waals surface area contributed by atoms with Crippen molar-refractivity contribution in [1.82, 2.24) is 10.3 Å². The highest BCUT2D eigenvalue weighted by Gasteiger charge is 2.25. The fourth-order valence-electron chi connectivity index (χ4n) is 2.23. The normalized spacial score (nSPS) is 13.9. The van der Waals surface area contributed by atoms with Crippen LogP contribution in [0.15, 0.2) is 40.7 Å². The Morgan fingerprint density at radius 1 is 1.00 bits per heavy atom. The van der Waals surface area contributed by atoms with Gasteiger partial charge in [0.25, 0.3) is 11.8 Å². The average molecular weight is 268 g/mol. The van der Waals surface area contributed by atoms with Crippen LogP contribution in [0.25, 0.3) is 10.8 Å². The molecule has 2 aromatic rings. The van der Waals surface area contributed by atoms with Gasteiger partial charge in [-0.05, 0) is 18.2 Å². The summed E-state index contributed by atoms with van der Waals surface area (Å²) < 4.78 is 0. The zero-order valence-electron chi connectivity index (χ0n) is 11.0. The lowest BCUT2D eigenvalue weighted by Gasteiger charge is -2.17. The second-order valence-electron chi connectivity index (χ2n) is 4.68. The first-order valence-corrected chi connectivity index (χ1v) is 6.08. The van der Waals surface area contributed by atoms with Crippen LogP contribution in [-0.2, 0) is 0 Å². The second-order valence-corrected chi connectivity index (χ2v) is 4.68. The van der Waals surface area contributed by atoms with Crippen LogP contribution in [0.3, 0.4) is 0 Å². The molecular formula is C14H12N4O2. The molecule has 0 atom stereocenters. The van der Waals surface area contributed by atoms with E-state index in [9.17, 15) is 9.59 Å². The number of nitrogens with one attached hydrogen (secondary N) is 1. The smallest absolute Gasteiger partial charge is 0.258 e. The number of carbonyl (C=O) groups is 2.